The molecule has 1 N–H and O–H groups in total. The van der Waals surface area contributed by atoms with Gasteiger partial charge in [0.25, 0.3) is 0 Å². The summed E-state index contributed by atoms with van der Waals surface area (Å²) in [6.07, 6.45) is 1.90. The first-order chi connectivity index (χ1) is 9.52. The number of aliphatic hydroxyl groups is 1. The van der Waals surface area contributed by atoms with Crippen molar-refractivity contribution in [3.05, 3.63) is 47.5 Å². The normalized spacial score (nSPS) is 24.3. The summed E-state index contributed by atoms with van der Waals surface area (Å²) >= 11 is 0. The Hall–Kier alpha value is -1.61. The number of carbonyl (C=O) groups is 1. The second kappa shape index (κ2) is 5.80. The molecule has 0 spiro atoms. The minimum atomic E-state index is -0.170. The lowest BCUT2D eigenvalue weighted by molar-refractivity contribution is -0.147. The number of hydrogen-bond donors (Lipinski definition) is 1. The van der Waals surface area contributed by atoms with Gasteiger partial charge in [0.2, 0.25) is 0 Å². The highest BCUT2D eigenvalue weighted by Gasteiger charge is 2.63. The highest BCUT2D eigenvalue weighted by molar-refractivity contribution is 5.78. The zero-order valence-electron chi connectivity index (χ0n) is 12.3. The molecule has 1 aromatic rings. The van der Waals surface area contributed by atoms with Gasteiger partial charge in [0.05, 0.1) is 12.5 Å². The Morgan fingerprint density at radius 3 is 2.50 bits per heavy atom. The minimum Gasteiger partial charge on any atom is -0.461 e. The van der Waals surface area contributed by atoms with Crippen LogP contribution in [0.25, 0.3) is 0 Å². The molecule has 3 heteroatoms. The summed E-state index contributed by atoms with van der Waals surface area (Å²) in [6, 6.07) is 9.67. The molecule has 108 valence electrons. The Balaban J connectivity index is 1.97. The van der Waals surface area contributed by atoms with Gasteiger partial charge in [-0.15, -0.1) is 0 Å². The average Bonchev–Trinajstić information content (AvgIpc) is 3.02. The van der Waals surface area contributed by atoms with Crippen molar-refractivity contribution < 1.29 is 14.6 Å². The topological polar surface area (TPSA) is 46.5 Å². The van der Waals surface area contributed by atoms with Crippen molar-refractivity contribution in [2.24, 2.45) is 17.3 Å². The fourth-order valence-electron chi connectivity index (χ4n) is 2.96. The molecule has 1 aliphatic rings. The molecule has 0 aromatic heterocycles. The van der Waals surface area contributed by atoms with Gasteiger partial charge < -0.3 is 9.84 Å². The number of aliphatic hydroxyl groups excluding tert-OH is 1. The third-order valence-corrected chi connectivity index (χ3v) is 4.26. The maximum Gasteiger partial charge on any atom is 0.310 e. The third kappa shape index (κ3) is 2.78. The number of benzene rings is 1. The molecule has 1 saturated carbocycles. The summed E-state index contributed by atoms with van der Waals surface area (Å²) in [5.41, 5.74) is 1.79. The summed E-state index contributed by atoms with van der Waals surface area (Å²) in [7, 11) is 0. The Labute approximate surface area is 120 Å². The molecular formula is C17H22O3. The summed E-state index contributed by atoms with van der Waals surface area (Å²) in [5.74, 6) is -0.220. The van der Waals surface area contributed by atoms with Crippen LogP contribution in [0.3, 0.4) is 0 Å². The van der Waals surface area contributed by atoms with Crippen molar-refractivity contribution in [3.8, 4) is 0 Å². The van der Waals surface area contributed by atoms with Crippen LogP contribution in [0.4, 0.5) is 0 Å². The van der Waals surface area contributed by atoms with Gasteiger partial charge in [-0.25, -0.2) is 0 Å². The van der Waals surface area contributed by atoms with E-state index in [0.29, 0.717) is 6.61 Å². The van der Waals surface area contributed by atoms with Crippen LogP contribution in [0.15, 0.2) is 42.0 Å². The molecule has 2 atom stereocenters. The minimum absolute atomic E-state index is 0.00701. The summed E-state index contributed by atoms with van der Waals surface area (Å²) in [4.78, 5) is 12.2. The van der Waals surface area contributed by atoms with Crippen LogP contribution < -0.4 is 0 Å². The zero-order valence-corrected chi connectivity index (χ0v) is 12.3. The second-order valence-corrected chi connectivity index (χ2v) is 5.89. The van der Waals surface area contributed by atoms with E-state index in [2.05, 4.69) is 0 Å². The predicted octanol–water partition coefficient (Wildman–Crippen LogP) is 2.94. The molecule has 1 aliphatic carbocycles. The molecule has 0 heterocycles. The van der Waals surface area contributed by atoms with Crippen molar-refractivity contribution in [2.75, 3.05) is 6.61 Å². The van der Waals surface area contributed by atoms with Crippen LogP contribution in [0.1, 0.15) is 26.3 Å². The van der Waals surface area contributed by atoms with Crippen molar-refractivity contribution in [2.45, 2.75) is 27.4 Å². The molecular weight excluding hydrogens is 252 g/mol. The standard InChI is InChI=1S/C17H22O3/c1-4-13(10-18)14-15(17(14,2)3)16(19)20-11-12-8-6-5-7-9-12/h4-9,14-15,18H,10-11H2,1-3H3. The lowest BCUT2D eigenvalue weighted by Crippen LogP contribution is -2.11. The van der Waals surface area contributed by atoms with Crippen molar-refractivity contribution >= 4 is 5.97 Å². The van der Waals surface area contributed by atoms with Gasteiger partial charge in [-0.05, 0) is 23.5 Å². The molecule has 2 rings (SSSR count). The largest absolute Gasteiger partial charge is 0.461 e. The fraction of sp³-hybridized carbons (Fsp3) is 0.471. The van der Waals surface area contributed by atoms with Gasteiger partial charge in [0.15, 0.2) is 0 Å². The fourth-order valence-corrected chi connectivity index (χ4v) is 2.96. The summed E-state index contributed by atoms with van der Waals surface area (Å²) in [5, 5.41) is 9.36. The molecule has 1 aromatic carbocycles. The van der Waals surface area contributed by atoms with E-state index in [1.807, 2.05) is 57.2 Å². The number of allylic oxidation sites excluding steroid dienone is 1. The van der Waals surface area contributed by atoms with Crippen LogP contribution in [-0.2, 0) is 16.1 Å². The number of esters is 1. The van der Waals surface area contributed by atoms with Crippen LogP contribution in [0, 0.1) is 17.3 Å². The molecule has 0 radical (unpaired) electrons. The number of rotatable bonds is 5. The molecule has 2 unspecified atom stereocenters. The van der Waals surface area contributed by atoms with Crippen molar-refractivity contribution in [1.29, 1.82) is 0 Å². The number of ether oxygens (including phenoxy) is 1. The summed E-state index contributed by atoms with van der Waals surface area (Å²) < 4.78 is 5.41. The lowest BCUT2D eigenvalue weighted by Gasteiger charge is -2.05. The van der Waals surface area contributed by atoms with Crippen molar-refractivity contribution in [1.82, 2.24) is 0 Å². The molecule has 0 amide bonds. The van der Waals surface area contributed by atoms with E-state index < -0.39 is 0 Å². The quantitative estimate of drug-likeness (QED) is 0.663. The average molecular weight is 274 g/mol. The van der Waals surface area contributed by atoms with E-state index in [1.165, 1.54) is 0 Å². The smallest absolute Gasteiger partial charge is 0.310 e. The van der Waals surface area contributed by atoms with E-state index in [9.17, 15) is 9.90 Å². The number of carbonyl (C=O) groups excluding carboxylic acids is 1. The molecule has 0 aliphatic heterocycles. The predicted molar refractivity (Wildman–Crippen MR) is 77.8 cm³/mol. The van der Waals surface area contributed by atoms with E-state index in [4.69, 9.17) is 4.74 Å². The van der Waals surface area contributed by atoms with Crippen molar-refractivity contribution in [3.63, 3.8) is 0 Å². The van der Waals surface area contributed by atoms with Crippen LogP contribution in [0.5, 0.6) is 0 Å². The molecule has 20 heavy (non-hydrogen) atoms. The maximum absolute atomic E-state index is 12.2. The Kier molecular flexibility index (Phi) is 4.29. The highest BCUT2D eigenvalue weighted by Crippen LogP contribution is 2.62. The molecule has 1 fully saturated rings. The first-order valence-electron chi connectivity index (χ1n) is 6.99. The highest BCUT2D eigenvalue weighted by atomic mass is 16.5. The zero-order chi connectivity index (χ0) is 14.8. The first-order valence-corrected chi connectivity index (χ1v) is 6.99. The van der Waals surface area contributed by atoms with Crippen LogP contribution >= 0.6 is 0 Å². The monoisotopic (exact) mass is 274 g/mol. The van der Waals surface area contributed by atoms with Gasteiger partial charge in [-0.3, -0.25) is 4.79 Å². The van der Waals surface area contributed by atoms with Gasteiger partial charge in [0.1, 0.15) is 6.61 Å². The third-order valence-electron chi connectivity index (χ3n) is 4.26. The Morgan fingerprint density at radius 2 is 1.95 bits per heavy atom. The van der Waals surface area contributed by atoms with E-state index in [-0.39, 0.29) is 29.8 Å². The van der Waals surface area contributed by atoms with Gasteiger partial charge >= 0.3 is 5.97 Å². The van der Waals surface area contributed by atoms with Crippen LogP contribution in [-0.4, -0.2) is 17.7 Å². The van der Waals surface area contributed by atoms with E-state index >= 15 is 0 Å². The van der Waals surface area contributed by atoms with Gasteiger partial charge in [0, 0.05) is 5.92 Å². The SMILES string of the molecule is CC=C(CO)C1C(C(=O)OCc2ccccc2)C1(C)C. The van der Waals surface area contributed by atoms with Crippen LogP contribution in [0.2, 0.25) is 0 Å². The lowest BCUT2D eigenvalue weighted by atomic mass is 10.0. The second-order valence-electron chi connectivity index (χ2n) is 5.89. The summed E-state index contributed by atoms with van der Waals surface area (Å²) in [6.45, 7) is 6.30. The number of hydrogen-bond acceptors (Lipinski definition) is 3. The van der Waals surface area contributed by atoms with E-state index in [1.54, 1.807) is 0 Å². The molecule has 0 saturated heterocycles. The van der Waals surface area contributed by atoms with Gasteiger partial charge in [-0.1, -0.05) is 50.3 Å². The Bertz CT molecular complexity index is 502. The first kappa shape index (κ1) is 14.8. The van der Waals surface area contributed by atoms with E-state index in [0.717, 1.165) is 11.1 Å². The maximum atomic E-state index is 12.2. The van der Waals surface area contributed by atoms with Gasteiger partial charge in [-0.2, -0.15) is 0 Å². The molecule has 0 bridgehead atoms. The Morgan fingerprint density at radius 1 is 1.30 bits per heavy atom. The molecule has 3 nitrogen and oxygen atoms in total.